The highest BCUT2D eigenvalue weighted by Crippen LogP contribution is 2.26. The van der Waals surface area contributed by atoms with Crippen LogP contribution >= 0.6 is 0 Å². The van der Waals surface area contributed by atoms with Crippen molar-refractivity contribution in [3.63, 3.8) is 0 Å². The van der Waals surface area contributed by atoms with Crippen LogP contribution in [-0.4, -0.2) is 32.8 Å². The molecule has 1 heterocycles. The van der Waals surface area contributed by atoms with E-state index in [-0.39, 0.29) is 11.3 Å². The lowest BCUT2D eigenvalue weighted by Gasteiger charge is -2.24. The summed E-state index contributed by atoms with van der Waals surface area (Å²) >= 11 is 0. The van der Waals surface area contributed by atoms with Gasteiger partial charge in [-0.25, -0.2) is 13.1 Å². The second-order valence-corrected chi connectivity index (χ2v) is 7.22. The Morgan fingerprint density at radius 2 is 1.81 bits per heavy atom. The Hall–Kier alpha value is -0.130. The Morgan fingerprint density at radius 1 is 1.12 bits per heavy atom. The van der Waals surface area contributed by atoms with Crippen LogP contribution in [0.2, 0.25) is 0 Å². The van der Waals surface area contributed by atoms with Gasteiger partial charge in [-0.3, -0.25) is 0 Å². The van der Waals surface area contributed by atoms with Crippen LogP contribution in [0.3, 0.4) is 0 Å². The molecule has 1 saturated carbocycles. The standard InChI is InChI=1S/C11H22N2O2S/c1-9-2-3-10(8-9)13-16(14,15)11-4-6-12-7-5-11/h9-13H,2-8H2,1H3. The first-order valence-electron chi connectivity index (χ1n) is 6.30. The molecule has 2 aliphatic rings. The molecule has 2 atom stereocenters. The van der Waals surface area contributed by atoms with Crippen LogP contribution in [0.15, 0.2) is 0 Å². The van der Waals surface area contributed by atoms with Crippen LogP contribution in [0.1, 0.15) is 39.0 Å². The monoisotopic (exact) mass is 246 g/mol. The van der Waals surface area contributed by atoms with Gasteiger partial charge in [0.15, 0.2) is 0 Å². The lowest BCUT2D eigenvalue weighted by Crippen LogP contribution is -2.44. The Kier molecular flexibility index (Phi) is 3.87. The fraction of sp³-hybridized carbons (Fsp3) is 1.00. The molecule has 0 radical (unpaired) electrons. The lowest BCUT2D eigenvalue weighted by molar-refractivity contribution is 0.478. The zero-order chi connectivity index (χ0) is 11.6. The Labute approximate surface area is 98.2 Å². The van der Waals surface area contributed by atoms with Crippen molar-refractivity contribution in [1.29, 1.82) is 0 Å². The van der Waals surface area contributed by atoms with Gasteiger partial charge in [0.25, 0.3) is 0 Å². The van der Waals surface area contributed by atoms with Gasteiger partial charge in [0.2, 0.25) is 10.0 Å². The summed E-state index contributed by atoms with van der Waals surface area (Å²) in [6.45, 7) is 3.85. The maximum Gasteiger partial charge on any atom is 0.214 e. The molecule has 0 aromatic rings. The molecule has 16 heavy (non-hydrogen) atoms. The highest BCUT2D eigenvalue weighted by Gasteiger charge is 2.31. The van der Waals surface area contributed by atoms with Gasteiger partial charge in [-0.05, 0) is 51.1 Å². The third-order valence-corrected chi connectivity index (χ3v) is 5.76. The Bertz CT molecular complexity index is 323. The molecule has 0 aromatic carbocycles. The van der Waals surface area contributed by atoms with E-state index in [4.69, 9.17) is 0 Å². The average molecular weight is 246 g/mol. The van der Waals surface area contributed by atoms with Crippen LogP contribution in [0.4, 0.5) is 0 Å². The number of sulfonamides is 1. The summed E-state index contributed by atoms with van der Waals surface area (Å²) in [6, 6.07) is 0.190. The molecule has 0 aromatic heterocycles. The molecular weight excluding hydrogens is 224 g/mol. The minimum atomic E-state index is -3.08. The molecule has 4 nitrogen and oxygen atoms in total. The smallest absolute Gasteiger partial charge is 0.214 e. The Morgan fingerprint density at radius 3 is 2.38 bits per heavy atom. The molecular formula is C11H22N2O2S. The van der Waals surface area contributed by atoms with E-state index < -0.39 is 10.0 Å². The number of hydrogen-bond acceptors (Lipinski definition) is 3. The molecule has 2 unspecified atom stereocenters. The van der Waals surface area contributed by atoms with Crippen molar-refractivity contribution in [3.05, 3.63) is 0 Å². The highest BCUT2D eigenvalue weighted by molar-refractivity contribution is 7.90. The summed E-state index contributed by atoms with van der Waals surface area (Å²) in [5.41, 5.74) is 0. The molecule has 0 spiro atoms. The number of rotatable bonds is 3. The maximum absolute atomic E-state index is 12.1. The number of nitrogens with one attached hydrogen (secondary N) is 2. The van der Waals surface area contributed by atoms with Gasteiger partial charge in [-0.15, -0.1) is 0 Å². The van der Waals surface area contributed by atoms with Crippen molar-refractivity contribution >= 4 is 10.0 Å². The first kappa shape index (κ1) is 12.3. The van der Waals surface area contributed by atoms with Crippen molar-refractivity contribution in [2.75, 3.05) is 13.1 Å². The van der Waals surface area contributed by atoms with Gasteiger partial charge in [0.05, 0.1) is 5.25 Å². The predicted molar refractivity (Wildman–Crippen MR) is 64.8 cm³/mol. The minimum Gasteiger partial charge on any atom is -0.317 e. The van der Waals surface area contributed by atoms with E-state index in [0.29, 0.717) is 5.92 Å². The maximum atomic E-state index is 12.1. The average Bonchev–Trinajstić information content (AvgIpc) is 2.64. The molecule has 5 heteroatoms. The minimum absolute atomic E-state index is 0.176. The van der Waals surface area contributed by atoms with Crippen LogP contribution < -0.4 is 10.0 Å². The van der Waals surface area contributed by atoms with Gasteiger partial charge in [-0.2, -0.15) is 0 Å². The summed E-state index contributed by atoms with van der Waals surface area (Å²) in [6.07, 6.45) is 4.66. The van der Waals surface area contributed by atoms with Gasteiger partial charge in [-0.1, -0.05) is 6.92 Å². The van der Waals surface area contributed by atoms with E-state index >= 15 is 0 Å². The SMILES string of the molecule is CC1CCC(NS(=O)(=O)C2CCNCC2)C1. The molecule has 2 N–H and O–H groups in total. The zero-order valence-electron chi connectivity index (χ0n) is 9.91. The fourth-order valence-electron chi connectivity index (χ4n) is 2.75. The molecule has 0 amide bonds. The molecule has 1 aliphatic heterocycles. The normalized spacial score (nSPS) is 33.1. The molecule has 2 fully saturated rings. The fourth-order valence-corrected chi connectivity index (χ4v) is 4.48. The van der Waals surface area contributed by atoms with Crippen molar-refractivity contribution in [2.45, 2.75) is 50.3 Å². The van der Waals surface area contributed by atoms with Crippen LogP contribution in [-0.2, 0) is 10.0 Å². The molecule has 2 rings (SSSR count). The van der Waals surface area contributed by atoms with Crippen molar-refractivity contribution in [3.8, 4) is 0 Å². The lowest BCUT2D eigenvalue weighted by atomic mass is 10.1. The summed E-state index contributed by atoms with van der Waals surface area (Å²) < 4.78 is 27.1. The third-order valence-electron chi connectivity index (χ3n) is 3.75. The first-order chi connectivity index (χ1) is 7.58. The molecule has 1 aliphatic carbocycles. The summed E-state index contributed by atoms with van der Waals surface area (Å²) in [7, 11) is -3.08. The van der Waals surface area contributed by atoms with Gasteiger partial charge < -0.3 is 5.32 Å². The first-order valence-corrected chi connectivity index (χ1v) is 7.84. The molecule has 0 bridgehead atoms. The number of piperidine rings is 1. The second kappa shape index (κ2) is 5.02. The van der Waals surface area contributed by atoms with E-state index in [2.05, 4.69) is 17.0 Å². The van der Waals surface area contributed by atoms with Crippen LogP contribution in [0, 0.1) is 5.92 Å². The van der Waals surface area contributed by atoms with Crippen LogP contribution in [0.25, 0.3) is 0 Å². The number of hydrogen-bond donors (Lipinski definition) is 2. The van der Waals surface area contributed by atoms with E-state index in [0.717, 1.165) is 45.2 Å². The quantitative estimate of drug-likeness (QED) is 0.776. The van der Waals surface area contributed by atoms with E-state index in [1.54, 1.807) is 0 Å². The van der Waals surface area contributed by atoms with Crippen molar-refractivity contribution in [1.82, 2.24) is 10.0 Å². The van der Waals surface area contributed by atoms with E-state index in [1.165, 1.54) is 0 Å². The molecule has 94 valence electrons. The highest BCUT2D eigenvalue weighted by atomic mass is 32.2. The van der Waals surface area contributed by atoms with Gasteiger partial charge in [0.1, 0.15) is 0 Å². The zero-order valence-corrected chi connectivity index (χ0v) is 10.7. The topological polar surface area (TPSA) is 58.2 Å². The summed E-state index contributed by atoms with van der Waals surface area (Å²) in [5, 5.41) is 3.02. The van der Waals surface area contributed by atoms with Crippen molar-refractivity contribution < 1.29 is 8.42 Å². The van der Waals surface area contributed by atoms with Gasteiger partial charge in [0, 0.05) is 6.04 Å². The summed E-state index contributed by atoms with van der Waals surface area (Å²) in [5.74, 6) is 0.667. The second-order valence-electron chi connectivity index (χ2n) is 5.23. The summed E-state index contributed by atoms with van der Waals surface area (Å²) in [4.78, 5) is 0. The largest absolute Gasteiger partial charge is 0.317 e. The van der Waals surface area contributed by atoms with Crippen molar-refractivity contribution in [2.24, 2.45) is 5.92 Å². The van der Waals surface area contributed by atoms with Gasteiger partial charge >= 0.3 is 0 Å². The molecule has 1 saturated heterocycles. The van der Waals surface area contributed by atoms with E-state index in [1.807, 2.05) is 0 Å². The van der Waals surface area contributed by atoms with E-state index in [9.17, 15) is 8.42 Å². The predicted octanol–water partition coefficient (Wildman–Crippen LogP) is 0.846. The van der Waals surface area contributed by atoms with Crippen LogP contribution in [0.5, 0.6) is 0 Å². The Balaban J connectivity index is 1.91. The third kappa shape index (κ3) is 2.96.